The van der Waals surface area contributed by atoms with Crippen molar-refractivity contribution >= 4 is 39.1 Å². The van der Waals surface area contributed by atoms with Crippen molar-refractivity contribution in [3.05, 3.63) is 70.6 Å². The molecule has 0 atom stereocenters. The first-order valence-corrected chi connectivity index (χ1v) is 7.78. The maximum absolute atomic E-state index is 12.9. The normalized spacial score (nSPS) is 10.4. The number of halogens is 2. The van der Waals surface area contributed by atoms with Gasteiger partial charge in [0.05, 0.1) is 5.69 Å². The summed E-state index contributed by atoms with van der Waals surface area (Å²) in [5.41, 5.74) is 2.81. The summed E-state index contributed by atoms with van der Waals surface area (Å²) in [6.45, 7) is 2.03. The summed E-state index contributed by atoms with van der Waals surface area (Å²) >= 11 is 3.53. The van der Waals surface area contributed by atoms with E-state index in [2.05, 4.69) is 36.5 Å². The lowest BCUT2D eigenvalue weighted by Gasteiger charge is -2.10. The molecule has 1 heterocycles. The van der Waals surface area contributed by atoms with Crippen LogP contribution in [-0.2, 0) is 0 Å². The van der Waals surface area contributed by atoms with Crippen LogP contribution in [0.1, 0.15) is 5.56 Å². The van der Waals surface area contributed by atoms with E-state index in [0.29, 0.717) is 11.8 Å². The first kappa shape index (κ1) is 15.4. The monoisotopic (exact) mass is 372 g/mol. The van der Waals surface area contributed by atoms with Crippen molar-refractivity contribution in [1.82, 2.24) is 9.97 Å². The van der Waals surface area contributed by atoms with Gasteiger partial charge in [-0.2, -0.15) is 4.98 Å². The predicted octanol–water partition coefficient (Wildman–Crippen LogP) is 5.17. The minimum Gasteiger partial charge on any atom is -0.339 e. The van der Waals surface area contributed by atoms with Gasteiger partial charge in [-0.1, -0.05) is 6.07 Å². The van der Waals surface area contributed by atoms with Gasteiger partial charge in [0.1, 0.15) is 11.6 Å². The molecule has 2 aromatic carbocycles. The van der Waals surface area contributed by atoms with Gasteiger partial charge < -0.3 is 10.6 Å². The lowest BCUT2D eigenvalue weighted by atomic mass is 10.2. The summed E-state index contributed by atoms with van der Waals surface area (Å²) in [6.07, 6.45) is 1.66. The van der Waals surface area contributed by atoms with Crippen molar-refractivity contribution in [3.63, 3.8) is 0 Å². The number of hydrogen-bond donors (Lipinski definition) is 2. The minimum atomic E-state index is -0.281. The summed E-state index contributed by atoms with van der Waals surface area (Å²) in [5.74, 6) is 0.815. The highest BCUT2D eigenvalue weighted by molar-refractivity contribution is 9.10. The largest absolute Gasteiger partial charge is 0.339 e. The van der Waals surface area contributed by atoms with Crippen LogP contribution in [-0.4, -0.2) is 9.97 Å². The molecule has 2 N–H and O–H groups in total. The Morgan fingerprint density at radius 3 is 2.52 bits per heavy atom. The van der Waals surface area contributed by atoms with Crippen molar-refractivity contribution in [2.75, 3.05) is 10.6 Å². The third kappa shape index (κ3) is 4.04. The summed E-state index contributed by atoms with van der Waals surface area (Å²) in [6, 6.07) is 13.8. The number of benzene rings is 2. The molecule has 0 spiro atoms. The quantitative estimate of drug-likeness (QED) is 0.662. The Balaban J connectivity index is 1.78. The summed E-state index contributed by atoms with van der Waals surface area (Å²) in [7, 11) is 0. The van der Waals surface area contributed by atoms with Crippen molar-refractivity contribution in [3.8, 4) is 0 Å². The highest BCUT2D eigenvalue weighted by Gasteiger charge is 2.04. The van der Waals surface area contributed by atoms with E-state index in [0.717, 1.165) is 15.8 Å². The van der Waals surface area contributed by atoms with Gasteiger partial charge in [0.2, 0.25) is 5.95 Å². The molecule has 0 aliphatic heterocycles. The van der Waals surface area contributed by atoms with Crippen LogP contribution < -0.4 is 10.6 Å². The zero-order valence-electron chi connectivity index (χ0n) is 12.3. The van der Waals surface area contributed by atoms with Crippen molar-refractivity contribution < 1.29 is 4.39 Å². The molecule has 3 rings (SSSR count). The van der Waals surface area contributed by atoms with Crippen LogP contribution in [0, 0.1) is 12.7 Å². The van der Waals surface area contributed by atoms with Crippen LogP contribution in [0.3, 0.4) is 0 Å². The number of rotatable bonds is 4. The van der Waals surface area contributed by atoms with Gasteiger partial charge in [-0.3, -0.25) is 0 Å². The Morgan fingerprint density at radius 2 is 1.78 bits per heavy atom. The molecule has 0 amide bonds. The van der Waals surface area contributed by atoms with E-state index < -0.39 is 0 Å². The van der Waals surface area contributed by atoms with E-state index in [1.165, 1.54) is 17.7 Å². The Morgan fingerprint density at radius 1 is 1.00 bits per heavy atom. The molecule has 0 fully saturated rings. The van der Waals surface area contributed by atoms with Gasteiger partial charge >= 0.3 is 0 Å². The number of anilines is 4. The van der Waals surface area contributed by atoms with E-state index in [1.54, 1.807) is 24.4 Å². The fraction of sp³-hybridized carbons (Fsp3) is 0.0588. The molecule has 3 aromatic rings. The maximum Gasteiger partial charge on any atom is 0.229 e. The first-order valence-electron chi connectivity index (χ1n) is 6.99. The summed E-state index contributed by atoms with van der Waals surface area (Å²) < 4.78 is 13.9. The molecule has 0 radical (unpaired) electrons. The van der Waals surface area contributed by atoms with Crippen LogP contribution >= 0.6 is 15.9 Å². The Bertz CT molecular complexity index is 821. The molecule has 23 heavy (non-hydrogen) atoms. The van der Waals surface area contributed by atoms with Gasteiger partial charge in [-0.15, -0.1) is 0 Å². The average molecular weight is 373 g/mol. The number of hydrogen-bond acceptors (Lipinski definition) is 4. The van der Waals surface area contributed by atoms with Gasteiger partial charge in [0.15, 0.2) is 0 Å². The summed E-state index contributed by atoms with van der Waals surface area (Å²) in [4.78, 5) is 8.57. The zero-order valence-corrected chi connectivity index (χ0v) is 13.9. The average Bonchev–Trinajstić information content (AvgIpc) is 2.53. The molecule has 6 heteroatoms. The van der Waals surface area contributed by atoms with Crippen LogP contribution in [0.5, 0.6) is 0 Å². The second-order valence-corrected chi connectivity index (χ2v) is 5.86. The van der Waals surface area contributed by atoms with Gasteiger partial charge in [0, 0.05) is 16.4 Å². The molecule has 0 saturated heterocycles. The van der Waals surface area contributed by atoms with E-state index in [4.69, 9.17) is 0 Å². The lowest BCUT2D eigenvalue weighted by molar-refractivity contribution is 0.628. The predicted molar refractivity (Wildman–Crippen MR) is 93.9 cm³/mol. The number of nitrogens with zero attached hydrogens (tertiary/aromatic N) is 2. The highest BCUT2D eigenvalue weighted by Crippen LogP contribution is 2.26. The van der Waals surface area contributed by atoms with Crippen molar-refractivity contribution in [2.24, 2.45) is 0 Å². The number of aryl methyl sites for hydroxylation is 1. The molecule has 1 aromatic heterocycles. The maximum atomic E-state index is 12.9. The zero-order chi connectivity index (χ0) is 16.2. The smallest absolute Gasteiger partial charge is 0.229 e. The minimum absolute atomic E-state index is 0.281. The third-order valence-corrected chi connectivity index (χ3v) is 3.80. The first-order chi connectivity index (χ1) is 11.1. The standard InChI is InChI=1S/C17H14BrFN4/c1-11-2-7-15(14(18)10-11)22-16-8-9-20-17(23-16)21-13-5-3-12(19)4-6-13/h2-10H,1H3,(H2,20,21,22,23). The Labute approximate surface area is 141 Å². The highest BCUT2D eigenvalue weighted by atomic mass is 79.9. The van der Waals surface area contributed by atoms with Crippen molar-refractivity contribution in [1.29, 1.82) is 0 Å². The number of nitrogens with one attached hydrogen (secondary N) is 2. The van der Waals surface area contributed by atoms with E-state index in [9.17, 15) is 4.39 Å². The van der Waals surface area contributed by atoms with E-state index in [1.807, 2.05) is 25.1 Å². The second kappa shape index (κ2) is 6.75. The van der Waals surface area contributed by atoms with Crippen molar-refractivity contribution in [2.45, 2.75) is 6.92 Å². The van der Waals surface area contributed by atoms with Crippen LogP contribution in [0.15, 0.2) is 59.2 Å². The third-order valence-electron chi connectivity index (χ3n) is 3.14. The molecular weight excluding hydrogens is 359 g/mol. The van der Waals surface area contributed by atoms with Gasteiger partial charge in [0.25, 0.3) is 0 Å². The molecule has 0 unspecified atom stereocenters. The van der Waals surface area contributed by atoms with E-state index in [-0.39, 0.29) is 5.82 Å². The lowest BCUT2D eigenvalue weighted by Crippen LogP contribution is -2.00. The molecule has 0 saturated carbocycles. The SMILES string of the molecule is Cc1ccc(Nc2ccnc(Nc3ccc(F)cc3)n2)c(Br)c1. The second-order valence-electron chi connectivity index (χ2n) is 5.01. The van der Waals surface area contributed by atoms with Crippen LogP contribution in [0.2, 0.25) is 0 Å². The van der Waals surface area contributed by atoms with Crippen LogP contribution in [0.25, 0.3) is 0 Å². The van der Waals surface area contributed by atoms with Crippen LogP contribution in [0.4, 0.5) is 27.5 Å². The summed E-state index contributed by atoms with van der Waals surface area (Å²) in [5, 5.41) is 6.28. The molecule has 0 aliphatic rings. The van der Waals surface area contributed by atoms with Gasteiger partial charge in [-0.05, 0) is 70.9 Å². The fourth-order valence-corrected chi connectivity index (χ4v) is 2.60. The van der Waals surface area contributed by atoms with E-state index >= 15 is 0 Å². The Hall–Kier alpha value is -2.47. The molecular formula is C17H14BrFN4. The fourth-order valence-electron chi connectivity index (χ4n) is 2.01. The number of aromatic nitrogens is 2. The topological polar surface area (TPSA) is 49.8 Å². The van der Waals surface area contributed by atoms with Gasteiger partial charge in [-0.25, -0.2) is 9.37 Å². The molecule has 116 valence electrons. The molecule has 0 bridgehead atoms. The Kier molecular flexibility index (Phi) is 4.52. The molecule has 4 nitrogen and oxygen atoms in total. The molecule has 0 aliphatic carbocycles.